The van der Waals surface area contributed by atoms with Crippen molar-refractivity contribution < 1.29 is 9.53 Å². The molecule has 0 aliphatic carbocycles. The number of hydrogen-bond donors (Lipinski definition) is 0. The normalized spacial score (nSPS) is 13.9. The van der Waals surface area contributed by atoms with Gasteiger partial charge in [-0.05, 0) is 49.4 Å². The molecule has 1 aliphatic heterocycles. The maximum Gasteiger partial charge on any atom is 0.254 e. The number of rotatable bonds is 5. The molecular formula is C23H23ClN4O2. The van der Waals surface area contributed by atoms with Gasteiger partial charge in [0.05, 0.1) is 12.3 Å². The van der Waals surface area contributed by atoms with Crippen LogP contribution in [0.25, 0.3) is 11.3 Å². The number of halogens is 1. The molecule has 0 spiro atoms. The molecule has 4 rings (SSSR count). The Kier molecular flexibility index (Phi) is 6.14. The number of carbonyl (C=O) groups excluding carboxylic acids is 1. The lowest BCUT2D eigenvalue weighted by Gasteiger charge is -2.35. The van der Waals surface area contributed by atoms with Crippen LogP contribution in [0.3, 0.4) is 0 Å². The van der Waals surface area contributed by atoms with E-state index in [4.69, 9.17) is 16.3 Å². The van der Waals surface area contributed by atoms with E-state index in [0.29, 0.717) is 43.4 Å². The molecule has 1 fully saturated rings. The van der Waals surface area contributed by atoms with Gasteiger partial charge in [-0.1, -0.05) is 17.7 Å². The summed E-state index contributed by atoms with van der Waals surface area (Å²) in [6.07, 6.45) is 1.59. The van der Waals surface area contributed by atoms with Gasteiger partial charge in [-0.3, -0.25) is 4.79 Å². The average Bonchev–Trinajstić information content (AvgIpc) is 2.79. The van der Waals surface area contributed by atoms with Gasteiger partial charge in [0, 0.05) is 48.4 Å². The quantitative estimate of drug-likeness (QED) is 0.618. The molecule has 2 aromatic carbocycles. The van der Waals surface area contributed by atoms with Crippen LogP contribution in [-0.4, -0.2) is 53.6 Å². The zero-order chi connectivity index (χ0) is 20.9. The van der Waals surface area contributed by atoms with Crippen molar-refractivity contribution in [3.8, 4) is 17.0 Å². The van der Waals surface area contributed by atoms with Gasteiger partial charge in [-0.15, -0.1) is 0 Å². The van der Waals surface area contributed by atoms with Crippen molar-refractivity contribution in [3.63, 3.8) is 0 Å². The number of nitrogens with zero attached hydrogens (tertiary/aromatic N) is 4. The Morgan fingerprint density at radius 3 is 2.50 bits per heavy atom. The van der Waals surface area contributed by atoms with Crippen LogP contribution < -0.4 is 9.64 Å². The van der Waals surface area contributed by atoms with Crippen LogP contribution in [0.15, 0.2) is 60.9 Å². The van der Waals surface area contributed by atoms with E-state index in [1.54, 1.807) is 30.6 Å². The lowest BCUT2D eigenvalue weighted by atomic mass is 10.1. The summed E-state index contributed by atoms with van der Waals surface area (Å²) in [5.41, 5.74) is 2.49. The molecule has 154 valence electrons. The molecular weight excluding hydrogens is 400 g/mol. The maximum absolute atomic E-state index is 12.7. The maximum atomic E-state index is 12.7. The molecule has 7 heteroatoms. The minimum atomic E-state index is 0.00918. The third-order valence-corrected chi connectivity index (χ3v) is 5.31. The summed E-state index contributed by atoms with van der Waals surface area (Å²) in [7, 11) is 0. The molecule has 0 saturated carbocycles. The summed E-state index contributed by atoms with van der Waals surface area (Å²) in [4.78, 5) is 25.6. The van der Waals surface area contributed by atoms with Gasteiger partial charge in [0.2, 0.25) is 0 Å². The van der Waals surface area contributed by atoms with Crippen LogP contribution in [0, 0.1) is 0 Å². The number of hydrogen-bond acceptors (Lipinski definition) is 5. The molecule has 2 heterocycles. The molecule has 30 heavy (non-hydrogen) atoms. The Hall–Kier alpha value is -3.12. The van der Waals surface area contributed by atoms with Crippen molar-refractivity contribution in [1.29, 1.82) is 0 Å². The van der Waals surface area contributed by atoms with Gasteiger partial charge in [0.1, 0.15) is 17.9 Å². The second-order valence-electron chi connectivity index (χ2n) is 7.01. The number of carbonyl (C=O) groups is 1. The largest absolute Gasteiger partial charge is 0.494 e. The van der Waals surface area contributed by atoms with Crippen LogP contribution in [0.2, 0.25) is 5.02 Å². The van der Waals surface area contributed by atoms with Crippen molar-refractivity contribution in [2.24, 2.45) is 0 Å². The van der Waals surface area contributed by atoms with E-state index in [0.717, 1.165) is 22.8 Å². The third kappa shape index (κ3) is 4.54. The number of benzene rings is 2. The first kappa shape index (κ1) is 20.2. The molecule has 1 aromatic heterocycles. The average molecular weight is 423 g/mol. The topological polar surface area (TPSA) is 58.6 Å². The Labute approximate surface area is 181 Å². The Morgan fingerprint density at radius 2 is 1.80 bits per heavy atom. The van der Waals surface area contributed by atoms with Crippen LogP contribution in [0.1, 0.15) is 17.3 Å². The van der Waals surface area contributed by atoms with Crippen LogP contribution >= 0.6 is 11.6 Å². The Morgan fingerprint density at radius 1 is 1.03 bits per heavy atom. The number of aromatic nitrogens is 2. The number of amides is 1. The number of anilines is 1. The van der Waals surface area contributed by atoms with Gasteiger partial charge in [0.25, 0.3) is 5.91 Å². The zero-order valence-corrected chi connectivity index (χ0v) is 17.5. The van der Waals surface area contributed by atoms with Gasteiger partial charge in [-0.25, -0.2) is 9.97 Å². The van der Waals surface area contributed by atoms with Crippen molar-refractivity contribution in [2.75, 3.05) is 37.7 Å². The first-order valence-electron chi connectivity index (χ1n) is 9.99. The predicted molar refractivity (Wildman–Crippen MR) is 118 cm³/mol. The molecule has 1 amide bonds. The van der Waals surface area contributed by atoms with E-state index >= 15 is 0 Å². The fraction of sp³-hybridized carbons (Fsp3) is 0.261. The summed E-state index contributed by atoms with van der Waals surface area (Å²) < 4.78 is 5.50. The van der Waals surface area contributed by atoms with E-state index in [-0.39, 0.29) is 5.91 Å². The number of piperazine rings is 1. The first-order chi connectivity index (χ1) is 14.6. The van der Waals surface area contributed by atoms with Crippen molar-refractivity contribution in [1.82, 2.24) is 14.9 Å². The zero-order valence-electron chi connectivity index (χ0n) is 16.8. The fourth-order valence-electron chi connectivity index (χ4n) is 3.51. The summed E-state index contributed by atoms with van der Waals surface area (Å²) in [6.45, 7) is 5.30. The molecule has 1 aliphatic rings. The minimum Gasteiger partial charge on any atom is -0.494 e. The fourth-order valence-corrected chi connectivity index (χ4v) is 3.70. The Balaban J connectivity index is 1.42. The van der Waals surface area contributed by atoms with E-state index in [9.17, 15) is 4.79 Å². The summed E-state index contributed by atoms with van der Waals surface area (Å²) in [5.74, 6) is 1.72. The third-order valence-electron chi connectivity index (χ3n) is 5.08. The highest BCUT2D eigenvalue weighted by Gasteiger charge is 2.23. The number of ether oxygens (including phenoxy) is 1. The molecule has 0 bridgehead atoms. The lowest BCUT2D eigenvalue weighted by Crippen LogP contribution is -2.49. The lowest BCUT2D eigenvalue weighted by molar-refractivity contribution is 0.0746. The van der Waals surface area contributed by atoms with Gasteiger partial charge in [0.15, 0.2) is 0 Å². The van der Waals surface area contributed by atoms with E-state index in [1.165, 1.54) is 0 Å². The SMILES string of the molecule is CCOc1ccc(-c2cc(N3CCN(C(=O)c4cccc(Cl)c4)CC3)ncn2)cc1. The standard InChI is InChI=1S/C23H23ClN4O2/c1-2-30-20-8-6-17(7-9-20)21-15-22(26-16-25-21)27-10-12-28(13-11-27)23(29)18-4-3-5-19(24)14-18/h3-9,14-16H,2,10-13H2,1H3. The molecule has 0 atom stereocenters. The molecule has 3 aromatic rings. The highest BCUT2D eigenvalue weighted by Crippen LogP contribution is 2.24. The molecule has 6 nitrogen and oxygen atoms in total. The van der Waals surface area contributed by atoms with E-state index in [1.807, 2.05) is 42.2 Å². The van der Waals surface area contributed by atoms with Crippen molar-refractivity contribution in [2.45, 2.75) is 6.92 Å². The minimum absolute atomic E-state index is 0.00918. The molecule has 0 radical (unpaired) electrons. The van der Waals surface area contributed by atoms with Crippen LogP contribution in [0.4, 0.5) is 5.82 Å². The van der Waals surface area contributed by atoms with Gasteiger partial charge >= 0.3 is 0 Å². The van der Waals surface area contributed by atoms with Crippen LogP contribution in [-0.2, 0) is 0 Å². The summed E-state index contributed by atoms with van der Waals surface area (Å²) in [6, 6.07) is 17.0. The van der Waals surface area contributed by atoms with Crippen molar-refractivity contribution >= 4 is 23.3 Å². The summed E-state index contributed by atoms with van der Waals surface area (Å²) >= 11 is 6.02. The second kappa shape index (κ2) is 9.13. The van der Waals surface area contributed by atoms with Crippen LogP contribution in [0.5, 0.6) is 5.75 Å². The van der Waals surface area contributed by atoms with Gasteiger partial charge in [-0.2, -0.15) is 0 Å². The molecule has 0 N–H and O–H groups in total. The smallest absolute Gasteiger partial charge is 0.254 e. The highest BCUT2D eigenvalue weighted by molar-refractivity contribution is 6.30. The predicted octanol–water partition coefficient (Wildman–Crippen LogP) is 4.16. The first-order valence-corrected chi connectivity index (χ1v) is 10.4. The van der Waals surface area contributed by atoms with E-state index < -0.39 is 0 Å². The molecule has 1 saturated heterocycles. The molecule has 0 unspecified atom stereocenters. The monoisotopic (exact) mass is 422 g/mol. The highest BCUT2D eigenvalue weighted by atomic mass is 35.5. The van der Waals surface area contributed by atoms with Gasteiger partial charge < -0.3 is 14.5 Å². The Bertz CT molecular complexity index is 1020. The van der Waals surface area contributed by atoms with E-state index in [2.05, 4.69) is 14.9 Å². The summed E-state index contributed by atoms with van der Waals surface area (Å²) in [5, 5.41) is 0.572. The van der Waals surface area contributed by atoms with Crippen molar-refractivity contribution in [3.05, 3.63) is 71.5 Å². The second-order valence-corrected chi connectivity index (χ2v) is 7.44.